The molecule has 0 bridgehead atoms. The van der Waals surface area contributed by atoms with E-state index in [9.17, 15) is 4.79 Å². The molecule has 5 nitrogen and oxygen atoms in total. The van der Waals surface area contributed by atoms with Gasteiger partial charge in [0.2, 0.25) is 5.91 Å². The predicted molar refractivity (Wildman–Crippen MR) is 80.2 cm³/mol. The highest BCUT2D eigenvalue weighted by Crippen LogP contribution is 2.17. The van der Waals surface area contributed by atoms with Gasteiger partial charge in [-0.3, -0.25) is 4.79 Å². The molecule has 1 aromatic rings. The molecule has 5 heteroatoms. The molecule has 0 unspecified atom stereocenters. The first-order chi connectivity index (χ1) is 9.76. The van der Waals surface area contributed by atoms with Gasteiger partial charge in [0.1, 0.15) is 5.75 Å². The lowest BCUT2D eigenvalue weighted by atomic mass is 10.3. The van der Waals surface area contributed by atoms with Gasteiger partial charge in [-0.05, 0) is 18.6 Å². The first kappa shape index (κ1) is 16.3. The highest BCUT2D eigenvalue weighted by molar-refractivity contribution is 5.80. The standard InChI is InChI=1S/C15H24N2O3/c1-3-4-9-20-14-7-5-6-13(11-14)17-12-15(18)16-8-10-19-2/h5-7,11,17H,3-4,8-10,12H2,1-2H3,(H,16,18). The van der Waals surface area contributed by atoms with Crippen molar-refractivity contribution in [3.8, 4) is 5.75 Å². The summed E-state index contributed by atoms with van der Waals surface area (Å²) in [5, 5.41) is 5.82. The molecule has 0 heterocycles. The van der Waals surface area contributed by atoms with E-state index in [4.69, 9.17) is 9.47 Å². The molecule has 0 aliphatic heterocycles. The van der Waals surface area contributed by atoms with Crippen molar-refractivity contribution in [2.45, 2.75) is 19.8 Å². The van der Waals surface area contributed by atoms with E-state index in [2.05, 4.69) is 17.6 Å². The molecule has 0 aliphatic carbocycles. The fraction of sp³-hybridized carbons (Fsp3) is 0.533. The van der Waals surface area contributed by atoms with Crippen molar-refractivity contribution in [1.82, 2.24) is 5.32 Å². The third-order valence-corrected chi connectivity index (χ3v) is 2.68. The molecule has 20 heavy (non-hydrogen) atoms. The second-order valence-corrected chi connectivity index (χ2v) is 4.43. The Kier molecular flexibility index (Phi) is 8.22. The summed E-state index contributed by atoms with van der Waals surface area (Å²) in [6.45, 7) is 4.13. The van der Waals surface area contributed by atoms with Gasteiger partial charge in [-0.2, -0.15) is 0 Å². The molecule has 0 fully saturated rings. The maximum Gasteiger partial charge on any atom is 0.239 e. The van der Waals surface area contributed by atoms with Crippen LogP contribution in [0, 0.1) is 0 Å². The first-order valence-corrected chi connectivity index (χ1v) is 6.98. The van der Waals surface area contributed by atoms with Gasteiger partial charge in [0, 0.05) is 25.4 Å². The number of amides is 1. The summed E-state index contributed by atoms with van der Waals surface area (Å²) in [5.41, 5.74) is 0.876. The second-order valence-electron chi connectivity index (χ2n) is 4.43. The molecule has 1 aromatic carbocycles. The Morgan fingerprint density at radius 1 is 1.30 bits per heavy atom. The molecule has 112 valence electrons. The topological polar surface area (TPSA) is 59.6 Å². The van der Waals surface area contributed by atoms with Crippen LogP contribution in [0.25, 0.3) is 0 Å². The number of ether oxygens (including phenoxy) is 2. The number of hydrogen-bond donors (Lipinski definition) is 2. The molecule has 0 aromatic heterocycles. The smallest absolute Gasteiger partial charge is 0.239 e. The van der Waals surface area contributed by atoms with E-state index in [-0.39, 0.29) is 12.5 Å². The van der Waals surface area contributed by atoms with Crippen molar-refractivity contribution in [2.24, 2.45) is 0 Å². The number of benzene rings is 1. The van der Waals surface area contributed by atoms with Gasteiger partial charge in [-0.15, -0.1) is 0 Å². The summed E-state index contributed by atoms with van der Waals surface area (Å²) < 4.78 is 10.5. The van der Waals surface area contributed by atoms with Gasteiger partial charge in [0.05, 0.1) is 19.8 Å². The number of unbranched alkanes of at least 4 members (excludes halogenated alkanes) is 1. The Balaban J connectivity index is 2.32. The lowest BCUT2D eigenvalue weighted by Gasteiger charge is -2.10. The highest BCUT2D eigenvalue weighted by atomic mass is 16.5. The van der Waals surface area contributed by atoms with Crippen molar-refractivity contribution in [3.05, 3.63) is 24.3 Å². The summed E-state index contributed by atoms with van der Waals surface area (Å²) >= 11 is 0. The number of carbonyl (C=O) groups excluding carboxylic acids is 1. The SMILES string of the molecule is CCCCOc1cccc(NCC(=O)NCCOC)c1. The zero-order valence-corrected chi connectivity index (χ0v) is 12.3. The number of hydrogen-bond acceptors (Lipinski definition) is 4. The van der Waals surface area contributed by atoms with Crippen LogP contribution < -0.4 is 15.4 Å². The number of nitrogens with one attached hydrogen (secondary N) is 2. The number of anilines is 1. The van der Waals surface area contributed by atoms with E-state index >= 15 is 0 Å². The van der Waals surface area contributed by atoms with E-state index in [0.29, 0.717) is 13.2 Å². The number of methoxy groups -OCH3 is 1. The van der Waals surface area contributed by atoms with Gasteiger partial charge in [0.25, 0.3) is 0 Å². The summed E-state index contributed by atoms with van der Waals surface area (Å²) in [6, 6.07) is 7.64. The lowest BCUT2D eigenvalue weighted by Crippen LogP contribution is -2.32. The van der Waals surface area contributed by atoms with E-state index < -0.39 is 0 Å². The second kappa shape index (κ2) is 10.1. The maximum absolute atomic E-state index is 11.5. The maximum atomic E-state index is 11.5. The molecule has 1 amide bonds. The van der Waals surface area contributed by atoms with Gasteiger partial charge in [-0.1, -0.05) is 19.4 Å². The van der Waals surface area contributed by atoms with Gasteiger partial charge < -0.3 is 20.1 Å². The Hall–Kier alpha value is -1.75. The Labute approximate surface area is 120 Å². The summed E-state index contributed by atoms with van der Waals surface area (Å²) in [6.07, 6.45) is 2.15. The normalized spacial score (nSPS) is 10.1. The van der Waals surface area contributed by atoms with Gasteiger partial charge in [-0.25, -0.2) is 0 Å². The monoisotopic (exact) mass is 280 g/mol. The Morgan fingerprint density at radius 3 is 2.90 bits per heavy atom. The van der Waals surface area contributed by atoms with Crippen LogP contribution >= 0.6 is 0 Å². The summed E-state index contributed by atoms with van der Waals surface area (Å²) in [4.78, 5) is 11.5. The zero-order chi connectivity index (χ0) is 14.6. The number of rotatable bonds is 10. The molecular formula is C15H24N2O3. The van der Waals surface area contributed by atoms with E-state index in [1.165, 1.54) is 0 Å². The first-order valence-electron chi connectivity index (χ1n) is 6.98. The van der Waals surface area contributed by atoms with Crippen LogP contribution in [0.15, 0.2) is 24.3 Å². The minimum absolute atomic E-state index is 0.0562. The highest BCUT2D eigenvalue weighted by Gasteiger charge is 2.01. The van der Waals surface area contributed by atoms with Crippen molar-refractivity contribution < 1.29 is 14.3 Å². The molecule has 0 aliphatic rings. The Morgan fingerprint density at radius 2 is 2.15 bits per heavy atom. The summed E-state index contributed by atoms with van der Waals surface area (Å²) in [7, 11) is 1.61. The molecule has 1 rings (SSSR count). The van der Waals surface area contributed by atoms with Crippen LogP contribution in [0.5, 0.6) is 5.75 Å². The molecule has 2 N–H and O–H groups in total. The van der Waals surface area contributed by atoms with Crippen molar-refractivity contribution in [3.63, 3.8) is 0 Å². The average Bonchev–Trinajstić information content (AvgIpc) is 2.46. The fourth-order valence-electron chi connectivity index (χ4n) is 1.57. The third-order valence-electron chi connectivity index (χ3n) is 2.68. The summed E-state index contributed by atoms with van der Waals surface area (Å²) in [5.74, 6) is 0.766. The van der Waals surface area contributed by atoms with Crippen molar-refractivity contribution >= 4 is 11.6 Å². The van der Waals surface area contributed by atoms with Crippen molar-refractivity contribution in [2.75, 3.05) is 38.7 Å². The average molecular weight is 280 g/mol. The lowest BCUT2D eigenvalue weighted by molar-refractivity contribution is -0.119. The third kappa shape index (κ3) is 6.99. The van der Waals surface area contributed by atoms with Gasteiger partial charge >= 0.3 is 0 Å². The quantitative estimate of drug-likeness (QED) is 0.644. The van der Waals surface area contributed by atoms with Crippen LogP contribution in [0.4, 0.5) is 5.69 Å². The fourth-order valence-corrected chi connectivity index (χ4v) is 1.57. The van der Waals surface area contributed by atoms with Gasteiger partial charge in [0.15, 0.2) is 0 Å². The molecule has 0 saturated carbocycles. The molecule has 0 atom stereocenters. The largest absolute Gasteiger partial charge is 0.494 e. The van der Waals surface area contributed by atoms with E-state index in [1.807, 2.05) is 24.3 Å². The molecule has 0 radical (unpaired) electrons. The zero-order valence-electron chi connectivity index (χ0n) is 12.3. The number of carbonyl (C=O) groups is 1. The van der Waals surface area contributed by atoms with Crippen molar-refractivity contribution in [1.29, 1.82) is 0 Å². The van der Waals surface area contributed by atoms with E-state index in [0.717, 1.165) is 30.9 Å². The molecule has 0 saturated heterocycles. The predicted octanol–water partition coefficient (Wildman–Crippen LogP) is 2.04. The van der Waals surface area contributed by atoms with Crippen LogP contribution in [0.3, 0.4) is 0 Å². The van der Waals surface area contributed by atoms with E-state index in [1.54, 1.807) is 7.11 Å². The van der Waals surface area contributed by atoms with Crippen LogP contribution in [0.2, 0.25) is 0 Å². The minimum atomic E-state index is -0.0562. The van der Waals surface area contributed by atoms with Crippen LogP contribution in [0.1, 0.15) is 19.8 Å². The molecule has 0 spiro atoms. The van der Waals surface area contributed by atoms with Crippen LogP contribution in [-0.4, -0.2) is 39.3 Å². The molecular weight excluding hydrogens is 256 g/mol. The minimum Gasteiger partial charge on any atom is -0.494 e. The van der Waals surface area contributed by atoms with Crippen LogP contribution in [-0.2, 0) is 9.53 Å². The Bertz CT molecular complexity index is 396.